The van der Waals surface area contributed by atoms with Gasteiger partial charge in [0.1, 0.15) is 0 Å². The molecule has 1 aromatic carbocycles. The van der Waals surface area contributed by atoms with Gasteiger partial charge in [-0.25, -0.2) is 0 Å². The summed E-state index contributed by atoms with van der Waals surface area (Å²) in [4.78, 5) is 3.95. The van der Waals surface area contributed by atoms with Crippen LogP contribution in [0.4, 0.5) is 5.69 Å². The summed E-state index contributed by atoms with van der Waals surface area (Å²) in [6.07, 6.45) is 3.38. The van der Waals surface area contributed by atoms with E-state index in [1.807, 2.05) is 30.3 Å². The zero-order chi connectivity index (χ0) is 12.1. The minimum absolute atomic E-state index is 0.519. The van der Waals surface area contributed by atoms with E-state index < -0.39 is 0 Å². The van der Waals surface area contributed by atoms with E-state index in [0.29, 0.717) is 17.4 Å². The molecule has 0 saturated carbocycles. The van der Waals surface area contributed by atoms with E-state index in [0.717, 1.165) is 16.8 Å². The van der Waals surface area contributed by atoms with Crippen molar-refractivity contribution in [3.8, 4) is 0 Å². The number of hydrogen-bond donors (Lipinski definition) is 1. The maximum atomic E-state index is 6.03. The molecule has 88 valence electrons. The smallest absolute Gasteiger partial charge is 0.0639 e. The van der Waals surface area contributed by atoms with Gasteiger partial charge in [0.2, 0.25) is 0 Å². The number of benzene rings is 1. The molecule has 0 aliphatic heterocycles. The molecule has 2 nitrogen and oxygen atoms in total. The fourth-order valence-electron chi connectivity index (χ4n) is 1.51. The van der Waals surface area contributed by atoms with Gasteiger partial charge in [0.05, 0.1) is 5.02 Å². The van der Waals surface area contributed by atoms with E-state index >= 15 is 0 Å². The van der Waals surface area contributed by atoms with E-state index in [2.05, 4.69) is 10.3 Å². The SMILES string of the molecule is ClCc1cccc(NCc2ccncc2Cl)c1. The monoisotopic (exact) mass is 266 g/mol. The van der Waals surface area contributed by atoms with Crippen LogP contribution in [0.2, 0.25) is 5.02 Å². The van der Waals surface area contributed by atoms with Gasteiger partial charge in [0.15, 0.2) is 0 Å². The molecule has 2 rings (SSSR count). The van der Waals surface area contributed by atoms with Crippen LogP contribution in [0.15, 0.2) is 42.7 Å². The van der Waals surface area contributed by atoms with Crippen molar-refractivity contribution in [1.29, 1.82) is 0 Å². The molecule has 0 saturated heterocycles. The van der Waals surface area contributed by atoms with Crippen molar-refractivity contribution in [2.75, 3.05) is 5.32 Å². The third kappa shape index (κ3) is 3.35. The van der Waals surface area contributed by atoms with Crippen LogP contribution < -0.4 is 5.32 Å². The topological polar surface area (TPSA) is 24.9 Å². The van der Waals surface area contributed by atoms with Crippen LogP contribution in [0.25, 0.3) is 0 Å². The molecule has 0 amide bonds. The fourth-order valence-corrected chi connectivity index (χ4v) is 1.86. The van der Waals surface area contributed by atoms with Crippen molar-refractivity contribution in [3.63, 3.8) is 0 Å². The molecule has 0 spiro atoms. The van der Waals surface area contributed by atoms with Gasteiger partial charge >= 0.3 is 0 Å². The van der Waals surface area contributed by atoms with Crippen LogP contribution in [0.5, 0.6) is 0 Å². The molecule has 0 bridgehead atoms. The van der Waals surface area contributed by atoms with Crippen LogP contribution >= 0.6 is 23.2 Å². The molecule has 0 unspecified atom stereocenters. The lowest BCUT2D eigenvalue weighted by atomic mass is 10.2. The first-order valence-electron chi connectivity index (χ1n) is 5.27. The van der Waals surface area contributed by atoms with Gasteiger partial charge in [0.25, 0.3) is 0 Å². The summed E-state index contributed by atoms with van der Waals surface area (Å²) in [5, 5.41) is 3.98. The van der Waals surface area contributed by atoms with E-state index in [1.165, 1.54) is 0 Å². The summed E-state index contributed by atoms with van der Waals surface area (Å²) in [7, 11) is 0. The van der Waals surface area contributed by atoms with E-state index in [4.69, 9.17) is 23.2 Å². The van der Waals surface area contributed by atoms with E-state index in [-0.39, 0.29) is 0 Å². The first-order chi connectivity index (χ1) is 8.29. The number of nitrogens with one attached hydrogen (secondary N) is 1. The number of aromatic nitrogens is 1. The number of alkyl halides is 1. The molecule has 4 heteroatoms. The van der Waals surface area contributed by atoms with Gasteiger partial charge in [0, 0.05) is 30.5 Å². The standard InChI is InChI=1S/C13H12Cl2N2/c14-7-10-2-1-3-12(6-10)17-8-11-4-5-16-9-13(11)15/h1-6,9,17H,7-8H2. The average molecular weight is 267 g/mol. The third-order valence-electron chi connectivity index (χ3n) is 2.42. The van der Waals surface area contributed by atoms with Crippen LogP contribution in [-0.4, -0.2) is 4.98 Å². The Morgan fingerprint density at radius 1 is 1.24 bits per heavy atom. The third-order valence-corrected chi connectivity index (χ3v) is 3.07. The van der Waals surface area contributed by atoms with Crippen LogP contribution in [0.1, 0.15) is 11.1 Å². The molecule has 2 aromatic rings. The number of halogens is 2. The van der Waals surface area contributed by atoms with E-state index in [9.17, 15) is 0 Å². The Morgan fingerprint density at radius 2 is 2.12 bits per heavy atom. The van der Waals surface area contributed by atoms with Crippen LogP contribution in [0, 0.1) is 0 Å². The van der Waals surface area contributed by atoms with Crippen molar-refractivity contribution in [2.24, 2.45) is 0 Å². The molecule has 0 fully saturated rings. The molecule has 0 radical (unpaired) electrons. The minimum atomic E-state index is 0.519. The van der Waals surface area contributed by atoms with Gasteiger partial charge in [-0.1, -0.05) is 23.7 Å². The lowest BCUT2D eigenvalue weighted by Crippen LogP contribution is -2.00. The van der Waals surface area contributed by atoms with Crippen molar-refractivity contribution in [1.82, 2.24) is 4.98 Å². The minimum Gasteiger partial charge on any atom is -0.381 e. The molecule has 1 N–H and O–H groups in total. The molecule has 0 atom stereocenters. The zero-order valence-corrected chi connectivity index (χ0v) is 10.7. The Labute approximate surface area is 111 Å². The second kappa shape index (κ2) is 5.89. The molecule has 17 heavy (non-hydrogen) atoms. The normalized spacial score (nSPS) is 10.2. The number of pyridine rings is 1. The summed E-state index contributed by atoms with van der Waals surface area (Å²) in [6.45, 7) is 0.674. The van der Waals surface area contributed by atoms with Crippen molar-refractivity contribution < 1.29 is 0 Å². The first-order valence-corrected chi connectivity index (χ1v) is 6.18. The highest BCUT2D eigenvalue weighted by atomic mass is 35.5. The number of hydrogen-bond acceptors (Lipinski definition) is 2. The van der Waals surface area contributed by atoms with Gasteiger partial charge < -0.3 is 5.32 Å². The Balaban J connectivity index is 2.05. The highest BCUT2D eigenvalue weighted by Crippen LogP contribution is 2.17. The van der Waals surface area contributed by atoms with Crippen molar-refractivity contribution in [2.45, 2.75) is 12.4 Å². The first kappa shape index (κ1) is 12.2. The maximum absolute atomic E-state index is 6.03. The van der Waals surface area contributed by atoms with Crippen LogP contribution in [0.3, 0.4) is 0 Å². The van der Waals surface area contributed by atoms with Gasteiger partial charge in [-0.05, 0) is 29.3 Å². The summed E-state index contributed by atoms with van der Waals surface area (Å²) in [5.41, 5.74) is 3.16. The lowest BCUT2D eigenvalue weighted by Gasteiger charge is -2.08. The molecule has 1 heterocycles. The molecule has 0 aliphatic rings. The summed E-state index contributed by atoms with van der Waals surface area (Å²) >= 11 is 11.8. The predicted octanol–water partition coefficient (Wildman–Crippen LogP) is 4.09. The Hall–Kier alpha value is -1.25. The largest absolute Gasteiger partial charge is 0.381 e. The van der Waals surface area contributed by atoms with E-state index in [1.54, 1.807) is 12.4 Å². The average Bonchev–Trinajstić information content (AvgIpc) is 2.38. The Bertz CT molecular complexity index is 500. The Kier molecular flexibility index (Phi) is 4.24. The number of nitrogens with zero attached hydrogens (tertiary/aromatic N) is 1. The second-order valence-electron chi connectivity index (χ2n) is 3.65. The molecular weight excluding hydrogens is 255 g/mol. The summed E-state index contributed by atoms with van der Waals surface area (Å²) in [6, 6.07) is 9.92. The molecule has 1 aromatic heterocycles. The molecule has 0 aliphatic carbocycles. The highest BCUT2D eigenvalue weighted by molar-refractivity contribution is 6.31. The van der Waals surface area contributed by atoms with Gasteiger partial charge in [-0.3, -0.25) is 4.98 Å². The second-order valence-corrected chi connectivity index (χ2v) is 4.33. The lowest BCUT2D eigenvalue weighted by molar-refractivity contribution is 1.12. The Morgan fingerprint density at radius 3 is 2.88 bits per heavy atom. The van der Waals surface area contributed by atoms with Crippen LogP contribution in [-0.2, 0) is 12.4 Å². The number of anilines is 1. The summed E-state index contributed by atoms with van der Waals surface area (Å²) in [5.74, 6) is 0.519. The van der Waals surface area contributed by atoms with Gasteiger partial charge in [-0.15, -0.1) is 11.6 Å². The van der Waals surface area contributed by atoms with Crippen molar-refractivity contribution >= 4 is 28.9 Å². The zero-order valence-electron chi connectivity index (χ0n) is 9.16. The highest BCUT2D eigenvalue weighted by Gasteiger charge is 2.00. The maximum Gasteiger partial charge on any atom is 0.0639 e. The number of rotatable bonds is 4. The van der Waals surface area contributed by atoms with Crippen molar-refractivity contribution in [3.05, 3.63) is 58.9 Å². The quantitative estimate of drug-likeness (QED) is 0.844. The summed E-state index contributed by atoms with van der Waals surface area (Å²) < 4.78 is 0. The fraction of sp³-hybridized carbons (Fsp3) is 0.154. The predicted molar refractivity (Wildman–Crippen MR) is 72.6 cm³/mol. The van der Waals surface area contributed by atoms with Gasteiger partial charge in [-0.2, -0.15) is 0 Å². The molecular formula is C13H12Cl2N2.